The largest absolute Gasteiger partial charge is 0.337 e. The normalized spacial score (nSPS) is 25.6. The highest BCUT2D eigenvalue weighted by Gasteiger charge is 2.21. The van der Waals surface area contributed by atoms with E-state index in [1.165, 1.54) is 19.3 Å². The van der Waals surface area contributed by atoms with Crippen LogP contribution in [-0.2, 0) is 0 Å². The van der Waals surface area contributed by atoms with Crippen molar-refractivity contribution >= 4 is 6.03 Å². The Kier molecular flexibility index (Phi) is 4.04. The van der Waals surface area contributed by atoms with Crippen molar-refractivity contribution in [1.29, 1.82) is 0 Å². The monoisotopic (exact) mass is 225 g/mol. The third kappa shape index (κ3) is 3.67. The number of urea groups is 1. The average molecular weight is 225 g/mol. The highest BCUT2D eigenvalue weighted by atomic mass is 16.2. The van der Waals surface area contributed by atoms with Gasteiger partial charge in [0.2, 0.25) is 0 Å². The van der Waals surface area contributed by atoms with Crippen LogP contribution in [0.1, 0.15) is 32.6 Å². The first-order chi connectivity index (χ1) is 7.75. The van der Waals surface area contributed by atoms with Crippen LogP contribution in [0, 0.1) is 5.92 Å². The first-order valence-corrected chi connectivity index (χ1v) is 6.52. The Balaban J connectivity index is 1.58. The van der Waals surface area contributed by atoms with Gasteiger partial charge in [0.25, 0.3) is 0 Å². The molecular formula is C12H23N3O. The van der Waals surface area contributed by atoms with Crippen molar-refractivity contribution in [2.24, 2.45) is 5.92 Å². The van der Waals surface area contributed by atoms with Gasteiger partial charge in [0.05, 0.1) is 0 Å². The van der Waals surface area contributed by atoms with Crippen LogP contribution in [0.25, 0.3) is 0 Å². The first-order valence-electron chi connectivity index (χ1n) is 6.52. The molecule has 2 fully saturated rings. The van der Waals surface area contributed by atoms with Gasteiger partial charge >= 0.3 is 6.03 Å². The van der Waals surface area contributed by atoms with Gasteiger partial charge in [-0.1, -0.05) is 6.92 Å². The molecule has 1 unspecified atom stereocenters. The Morgan fingerprint density at radius 1 is 1.31 bits per heavy atom. The molecule has 4 heteroatoms. The summed E-state index contributed by atoms with van der Waals surface area (Å²) in [5.41, 5.74) is 0. The third-order valence-electron chi connectivity index (χ3n) is 3.36. The maximum absolute atomic E-state index is 11.8. The Morgan fingerprint density at radius 3 is 2.81 bits per heavy atom. The predicted octanol–water partition coefficient (Wildman–Crippen LogP) is 1.18. The molecule has 2 amide bonds. The number of amides is 2. The van der Waals surface area contributed by atoms with E-state index in [0.29, 0.717) is 5.92 Å². The van der Waals surface area contributed by atoms with Crippen molar-refractivity contribution in [3.63, 3.8) is 0 Å². The van der Waals surface area contributed by atoms with Crippen molar-refractivity contribution in [1.82, 2.24) is 15.5 Å². The van der Waals surface area contributed by atoms with Crippen molar-refractivity contribution in [3.8, 4) is 0 Å². The molecule has 1 aliphatic heterocycles. The quantitative estimate of drug-likeness (QED) is 0.706. The summed E-state index contributed by atoms with van der Waals surface area (Å²) < 4.78 is 0. The number of nitrogens with one attached hydrogen (secondary N) is 2. The van der Waals surface area contributed by atoms with Crippen LogP contribution in [0.15, 0.2) is 0 Å². The summed E-state index contributed by atoms with van der Waals surface area (Å²) in [6.45, 7) is 5.71. The van der Waals surface area contributed by atoms with Gasteiger partial charge in [0, 0.05) is 32.2 Å². The van der Waals surface area contributed by atoms with Gasteiger partial charge < -0.3 is 15.5 Å². The van der Waals surface area contributed by atoms with Crippen LogP contribution in [0.4, 0.5) is 4.79 Å². The molecule has 0 spiro atoms. The number of carbonyl (C=O) groups excluding carboxylic acids is 1. The Bertz CT molecular complexity index is 240. The minimum Gasteiger partial charge on any atom is -0.337 e. The van der Waals surface area contributed by atoms with Gasteiger partial charge in [-0.15, -0.1) is 0 Å². The molecule has 0 radical (unpaired) electrons. The summed E-state index contributed by atoms with van der Waals surface area (Å²) in [5.74, 6) is 0.657. The Labute approximate surface area is 97.8 Å². The molecule has 2 rings (SSSR count). The van der Waals surface area contributed by atoms with Crippen molar-refractivity contribution in [3.05, 3.63) is 0 Å². The minimum absolute atomic E-state index is 0.115. The second-order valence-electron chi connectivity index (χ2n) is 5.15. The molecule has 2 aliphatic rings. The maximum Gasteiger partial charge on any atom is 0.317 e. The number of hydrogen-bond donors (Lipinski definition) is 2. The van der Waals surface area contributed by atoms with E-state index in [4.69, 9.17) is 0 Å². The molecule has 1 atom stereocenters. The minimum atomic E-state index is 0.115. The maximum atomic E-state index is 11.8. The molecule has 16 heavy (non-hydrogen) atoms. The zero-order valence-corrected chi connectivity index (χ0v) is 10.2. The lowest BCUT2D eigenvalue weighted by molar-refractivity contribution is 0.170. The molecular weight excluding hydrogens is 202 g/mol. The smallest absolute Gasteiger partial charge is 0.317 e. The van der Waals surface area contributed by atoms with Crippen molar-refractivity contribution < 1.29 is 4.79 Å². The van der Waals surface area contributed by atoms with Gasteiger partial charge in [-0.25, -0.2) is 4.79 Å². The third-order valence-corrected chi connectivity index (χ3v) is 3.36. The summed E-state index contributed by atoms with van der Waals surface area (Å²) in [6.07, 6.45) is 5.01. The Morgan fingerprint density at radius 2 is 2.12 bits per heavy atom. The van der Waals surface area contributed by atoms with Crippen LogP contribution in [0.5, 0.6) is 0 Å². The molecule has 92 valence electrons. The number of piperidine rings is 1. The summed E-state index contributed by atoms with van der Waals surface area (Å²) >= 11 is 0. The summed E-state index contributed by atoms with van der Waals surface area (Å²) in [7, 11) is 0. The average Bonchev–Trinajstić information content (AvgIpc) is 3.08. The van der Waals surface area contributed by atoms with E-state index in [1.807, 2.05) is 4.90 Å². The predicted molar refractivity (Wildman–Crippen MR) is 64.4 cm³/mol. The standard InChI is InChI=1S/C12H23N3O/c1-10-3-2-8-15(9-10)12(16)14-7-6-13-11-4-5-11/h10-11,13H,2-9H2,1H3,(H,14,16). The van der Waals surface area contributed by atoms with Gasteiger partial charge in [0.15, 0.2) is 0 Å². The highest BCUT2D eigenvalue weighted by molar-refractivity contribution is 5.74. The number of likely N-dealkylation sites (tertiary alicyclic amines) is 1. The second-order valence-corrected chi connectivity index (χ2v) is 5.15. The SMILES string of the molecule is CC1CCCN(C(=O)NCCNC2CC2)C1. The fourth-order valence-corrected chi connectivity index (χ4v) is 2.22. The lowest BCUT2D eigenvalue weighted by Gasteiger charge is -2.30. The molecule has 1 heterocycles. The van der Waals surface area contributed by atoms with E-state index in [9.17, 15) is 4.79 Å². The lowest BCUT2D eigenvalue weighted by atomic mass is 10.0. The van der Waals surface area contributed by atoms with E-state index < -0.39 is 0 Å². The van der Waals surface area contributed by atoms with Crippen LogP contribution < -0.4 is 10.6 Å². The molecule has 0 aromatic heterocycles. The molecule has 0 aromatic rings. The molecule has 0 aromatic carbocycles. The highest BCUT2D eigenvalue weighted by Crippen LogP contribution is 2.18. The van der Waals surface area contributed by atoms with Crippen molar-refractivity contribution in [2.75, 3.05) is 26.2 Å². The summed E-state index contributed by atoms with van der Waals surface area (Å²) in [4.78, 5) is 13.7. The van der Waals surface area contributed by atoms with E-state index in [0.717, 1.165) is 38.6 Å². The van der Waals surface area contributed by atoms with Crippen LogP contribution in [0.3, 0.4) is 0 Å². The van der Waals surface area contributed by atoms with E-state index >= 15 is 0 Å². The second kappa shape index (κ2) is 5.53. The number of rotatable bonds is 4. The van der Waals surface area contributed by atoms with Crippen LogP contribution in [0.2, 0.25) is 0 Å². The number of hydrogen-bond acceptors (Lipinski definition) is 2. The fraction of sp³-hybridized carbons (Fsp3) is 0.917. The van der Waals surface area contributed by atoms with E-state index in [1.54, 1.807) is 0 Å². The molecule has 1 aliphatic carbocycles. The van der Waals surface area contributed by atoms with Crippen LogP contribution in [-0.4, -0.2) is 43.2 Å². The summed E-state index contributed by atoms with van der Waals surface area (Å²) in [5, 5.41) is 6.37. The van der Waals surface area contributed by atoms with Gasteiger partial charge in [-0.3, -0.25) is 0 Å². The zero-order valence-electron chi connectivity index (χ0n) is 10.2. The summed E-state index contributed by atoms with van der Waals surface area (Å²) in [6, 6.07) is 0.844. The van der Waals surface area contributed by atoms with Gasteiger partial charge in [-0.2, -0.15) is 0 Å². The molecule has 0 bridgehead atoms. The topological polar surface area (TPSA) is 44.4 Å². The molecule has 1 saturated heterocycles. The number of carbonyl (C=O) groups is 1. The van der Waals surface area contributed by atoms with Crippen LogP contribution >= 0.6 is 0 Å². The Hall–Kier alpha value is -0.770. The fourth-order valence-electron chi connectivity index (χ4n) is 2.22. The molecule has 4 nitrogen and oxygen atoms in total. The van der Waals surface area contributed by atoms with Gasteiger partial charge in [-0.05, 0) is 31.6 Å². The number of nitrogens with zero attached hydrogens (tertiary/aromatic N) is 1. The van der Waals surface area contributed by atoms with E-state index in [2.05, 4.69) is 17.6 Å². The van der Waals surface area contributed by atoms with Crippen molar-refractivity contribution in [2.45, 2.75) is 38.6 Å². The first kappa shape index (κ1) is 11.7. The van der Waals surface area contributed by atoms with Gasteiger partial charge in [0.1, 0.15) is 0 Å². The zero-order chi connectivity index (χ0) is 11.4. The van der Waals surface area contributed by atoms with E-state index in [-0.39, 0.29) is 6.03 Å². The molecule has 1 saturated carbocycles. The molecule has 2 N–H and O–H groups in total. The lowest BCUT2D eigenvalue weighted by Crippen LogP contribution is -2.46.